The van der Waals surface area contributed by atoms with Gasteiger partial charge < -0.3 is 19.5 Å². The summed E-state index contributed by atoms with van der Waals surface area (Å²) >= 11 is 0. The molecule has 2 heterocycles. The van der Waals surface area contributed by atoms with Gasteiger partial charge in [0.1, 0.15) is 5.69 Å². The molecule has 5 nitrogen and oxygen atoms in total. The van der Waals surface area contributed by atoms with Crippen molar-refractivity contribution in [1.29, 1.82) is 0 Å². The van der Waals surface area contributed by atoms with Crippen LogP contribution in [0.3, 0.4) is 0 Å². The molecule has 1 N–H and O–H groups in total. The van der Waals surface area contributed by atoms with Gasteiger partial charge in [0.15, 0.2) is 0 Å². The van der Waals surface area contributed by atoms with E-state index < -0.39 is 5.97 Å². The van der Waals surface area contributed by atoms with Crippen molar-refractivity contribution in [2.45, 2.75) is 6.92 Å². The van der Waals surface area contributed by atoms with Gasteiger partial charge in [0.05, 0.1) is 0 Å². The zero-order valence-corrected chi connectivity index (χ0v) is 15.1. The molecule has 0 saturated carbocycles. The fourth-order valence-electron chi connectivity index (χ4n) is 3.79. The van der Waals surface area contributed by atoms with Crippen molar-refractivity contribution in [3.05, 3.63) is 59.8 Å². The Morgan fingerprint density at radius 3 is 2.19 bits per heavy atom. The molecule has 0 amide bonds. The van der Waals surface area contributed by atoms with Gasteiger partial charge in [0.2, 0.25) is 0 Å². The van der Waals surface area contributed by atoms with Gasteiger partial charge in [-0.25, -0.2) is 4.79 Å². The van der Waals surface area contributed by atoms with Crippen molar-refractivity contribution in [3.63, 3.8) is 0 Å². The molecule has 4 rings (SSSR count). The highest BCUT2D eigenvalue weighted by Crippen LogP contribution is 2.27. The number of fused-ring (bicyclic) bond motifs is 1. The first-order chi connectivity index (χ1) is 12.5. The summed E-state index contributed by atoms with van der Waals surface area (Å²) in [6.45, 7) is 6.00. The van der Waals surface area contributed by atoms with Crippen LogP contribution in [0.1, 0.15) is 16.1 Å². The molecule has 0 unspecified atom stereocenters. The minimum atomic E-state index is -0.892. The van der Waals surface area contributed by atoms with Gasteiger partial charge in [-0.2, -0.15) is 0 Å². The summed E-state index contributed by atoms with van der Waals surface area (Å²) < 4.78 is 1.73. The largest absolute Gasteiger partial charge is 0.477 e. The van der Waals surface area contributed by atoms with Gasteiger partial charge in [0, 0.05) is 55.5 Å². The lowest BCUT2D eigenvalue weighted by atomic mass is 10.1. The van der Waals surface area contributed by atoms with Crippen LogP contribution in [0, 0.1) is 6.92 Å². The van der Waals surface area contributed by atoms with Gasteiger partial charge in [-0.1, -0.05) is 12.1 Å². The fourth-order valence-corrected chi connectivity index (χ4v) is 3.79. The first-order valence-corrected chi connectivity index (χ1v) is 8.92. The molecule has 2 aromatic carbocycles. The van der Waals surface area contributed by atoms with Crippen LogP contribution in [0.2, 0.25) is 0 Å². The average Bonchev–Trinajstić information content (AvgIpc) is 2.98. The molecule has 1 aliphatic rings. The summed E-state index contributed by atoms with van der Waals surface area (Å²) in [5.74, 6) is -0.892. The maximum Gasteiger partial charge on any atom is 0.352 e. The molecular weight excluding hydrogens is 326 g/mol. The predicted octanol–water partition coefficient (Wildman–Crippen LogP) is 3.51. The van der Waals surface area contributed by atoms with E-state index in [4.69, 9.17) is 0 Å². The molecular formula is C21H23N3O2. The second-order valence-corrected chi connectivity index (χ2v) is 6.95. The van der Waals surface area contributed by atoms with Crippen LogP contribution in [-0.2, 0) is 7.05 Å². The van der Waals surface area contributed by atoms with E-state index in [1.165, 1.54) is 11.3 Å². The maximum atomic E-state index is 11.3. The van der Waals surface area contributed by atoms with Crippen LogP contribution in [0.25, 0.3) is 10.9 Å². The number of hydrogen-bond acceptors (Lipinski definition) is 3. The number of aromatic nitrogens is 1. The molecule has 1 aliphatic heterocycles. The lowest BCUT2D eigenvalue weighted by Gasteiger charge is -2.37. The Kier molecular flexibility index (Phi) is 4.07. The highest BCUT2D eigenvalue weighted by Gasteiger charge is 2.19. The number of benzene rings is 2. The van der Waals surface area contributed by atoms with Crippen LogP contribution < -0.4 is 9.80 Å². The lowest BCUT2D eigenvalue weighted by Crippen LogP contribution is -2.46. The number of aryl methyl sites for hydroxylation is 2. The van der Waals surface area contributed by atoms with Crippen molar-refractivity contribution in [2.24, 2.45) is 7.05 Å². The second kappa shape index (κ2) is 6.41. The Morgan fingerprint density at radius 1 is 0.923 bits per heavy atom. The lowest BCUT2D eigenvalue weighted by molar-refractivity contribution is 0.0687. The van der Waals surface area contributed by atoms with Gasteiger partial charge in [-0.3, -0.25) is 0 Å². The maximum absolute atomic E-state index is 11.3. The Bertz CT molecular complexity index is 969. The van der Waals surface area contributed by atoms with Gasteiger partial charge in [0.25, 0.3) is 0 Å². The Hall–Kier alpha value is -2.95. The van der Waals surface area contributed by atoms with Crippen molar-refractivity contribution in [3.8, 4) is 0 Å². The topological polar surface area (TPSA) is 48.7 Å². The monoisotopic (exact) mass is 349 g/mol. The molecule has 5 heteroatoms. The van der Waals surface area contributed by atoms with Crippen LogP contribution in [-0.4, -0.2) is 41.8 Å². The zero-order valence-electron chi connectivity index (χ0n) is 15.1. The summed E-state index contributed by atoms with van der Waals surface area (Å²) in [5.41, 5.74) is 5.00. The molecule has 0 atom stereocenters. The number of carboxylic acid groups (broad SMARTS) is 1. The third kappa shape index (κ3) is 2.90. The highest BCUT2D eigenvalue weighted by molar-refractivity contribution is 5.95. The molecule has 26 heavy (non-hydrogen) atoms. The molecule has 3 aromatic rings. The summed E-state index contributed by atoms with van der Waals surface area (Å²) in [7, 11) is 1.80. The van der Waals surface area contributed by atoms with Crippen molar-refractivity contribution in [1.82, 2.24) is 4.57 Å². The number of aromatic carboxylic acids is 1. The van der Waals surface area contributed by atoms with Crippen LogP contribution in [0.5, 0.6) is 0 Å². The summed E-state index contributed by atoms with van der Waals surface area (Å²) in [5, 5.41) is 10.3. The number of piperazine rings is 1. The SMILES string of the molecule is Cc1cccc(N2CCN(c3ccc4c(c3)cc(C(=O)O)n4C)CC2)c1. The van der Waals surface area contributed by atoms with Crippen molar-refractivity contribution < 1.29 is 9.90 Å². The molecule has 0 aliphatic carbocycles. The number of carbonyl (C=O) groups is 1. The van der Waals surface area contributed by atoms with Gasteiger partial charge in [-0.05, 0) is 48.9 Å². The number of rotatable bonds is 3. The standard InChI is InChI=1S/C21H23N3O2/c1-15-4-3-5-17(12-15)23-8-10-24(11-9-23)18-6-7-19-16(13-18)14-20(21(25)26)22(19)2/h3-7,12-14H,8-11H2,1-2H3,(H,25,26). The van der Waals surface area contributed by atoms with Crippen LogP contribution in [0.4, 0.5) is 11.4 Å². The van der Waals surface area contributed by atoms with E-state index in [1.807, 2.05) is 6.07 Å². The van der Waals surface area contributed by atoms with E-state index in [1.54, 1.807) is 17.7 Å². The Balaban J connectivity index is 1.53. The number of carboxylic acids is 1. The fraction of sp³-hybridized carbons (Fsp3) is 0.286. The molecule has 1 aromatic heterocycles. The van der Waals surface area contributed by atoms with Crippen molar-refractivity contribution >= 4 is 28.2 Å². The molecule has 134 valence electrons. The highest BCUT2D eigenvalue weighted by atomic mass is 16.4. The molecule has 0 spiro atoms. The van der Waals surface area contributed by atoms with Crippen molar-refractivity contribution in [2.75, 3.05) is 36.0 Å². The van der Waals surface area contributed by atoms with Crippen LogP contribution >= 0.6 is 0 Å². The third-order valence-electron chi connectivity index (χ3n) is 5.26. The molecule has 1 fully saturated rings. The first kappa shape index (κ1) is 16.5. The smallest absolute Gasteiger partial charge is 0.352 e. The van der Waals surface area contributed by atoms with Gasteiger partial charge >= 0.3 is 5.97 Å². The number of hydrogen-bond donors (Lipinski definition) is 1. The quantitative estimate of drug-likeness (QED) is 0.786. The summed E-state index contributed by atoms with van der Waals surface area (Å²) in [4.78, 5) is 16.1. The molecule has 0 radical (unpaired) electrons. The first-order valence-electron chi connectivity index (χ1n) is 8.92. The number of nitrogens with zero attached hydrogens (tertiary/aromatic N) is 3. The van der Waals surface area contributed by atoms with E-state index >= 15 is 0 Å². The number of anilines is 2. The van der Waals surface area contributed by atoms with E-state index in [2.05, 4.69) is 53.1 Å². The Labute approximate surface area is 153 Å². The Morgan fingerprint density at radius 2 is 1.58 bits per heavy atom. The van der Waals surface area contributed by atoms with E-state index in [0.717, 1.165) is 42.8 Å². The summed E-state index contributed by atoms with van der Waals surface area (Å²) in [6, 6.07) is 16.6. The van der Waals surface area contributed by atoms with E-state index in [9.17, 15) is 9.90 Å². The zero-order chi connectivity index (χ0) is 18.3. The summed E-state index contributed by atoms with van der Waals surface area (Å²) in [6.07, 6.45) is 0. The predicted molar refractivity (Wildman–Crippen MR) is 105 cm³/mol. The minimum Gasteiger partial charge on any atom is -0.477 e. The molecule has 0 bridgehead atoms. The van der Waals surface area contributed by atoms with Gasteiger partial charge in [-0.15, -0.1) is 0 Å². The second-order valence-electron chi connectivity index (χ2n) is 6.95. The van der Waals surface area contributed by atoms with E-state index in [0.29, 0.717) is 5.69 Å². The minimum absolute atomic E-state index is 0.321. The van der Waals surface area contributed by atoms with Crippen LogP contribution in [0.15, 0.2) is 48.5 Å². The third-order valence-corrected chi connectivity index (χ3v) is 5.26. The normalized spacial score (nSPS) is 14.8. The molecule has 1 saturated heterocycles. The van der Waals surface area contributed by atoms with E-state index in [-0.39, 0.29) is 0 Å². The average molecular weight is 349 g/mol.